The second-order valence-electron chi connectivity index (χ2n) is 8.71. The van der Waals surface area contributed by atoms with Crippen LogP contribution in [-0.4, -0.2) is 18.9 Å². The largest absolute Gasteiger partial charge is 0.210 e. The smallest absolute Gasteiger partial charge is 0.0512 e. The standard InChI is InChI=1S/2C9H11.2C4H8Cl3Si.2ClH.H2Si.Zr/c2*1-2-5-9-7-3-6-8(9)4-1;2*1-2-3-4-8(5,6)7;;;;/h2*3,6-7H,1-2,4-5H2;2*1-4H2;2*1H;1H2;/q4*-1;;;;. The first-order chi connectivity index (χ1) is 17.1. The van der Waals surface area contributed by atoms with Crippen LogP contribution in [0.1, 0.15) is 73.6 Å². The van der Waals surface area contributed by atoms with Crippen LogP contribution >= 0.6 is 91.3 Å². The average molecular weight is 814 g/mol. The Kier molecular flexibility index (Phi) is 32.1. The summed E-state index contributed by atoms with van der Waals surface area (Å²) in [4.78, 5) is 0. The van der Waals surface area contributed by atoms with E-state index in [-0.39, 0.29) is 24.8 Å². The van der Waals surface area contributed by atoms with Crippen molar-refractivity contribution in [2.24, 2.45) is 0 Å². The number of hydrogen-bond acceptors (Lipinski definition) is 0. The molecule has 2 aliphatic carbocycles. The van der Waals surface area contributed by atoms with Gasteiger partial charge in [0.25, 0.3) is 0 Å². The van der Waals surface area contributed by atoms with Crippen LogP contribution in [0.2, 0.25) is 12.1 Å². The molecule has 2 aliphatic rings. The third kappa shape index (κ3) is 25.1. The van der Waals surface area contributed by atoms with Crippen molar-refractivity contribution >= 4 is 110 Å². The molecule has 0 saturated heterocycles. The molecule has 2 aromatic carbocycles. The van der Waals surface area contributed by atoms with Gasteiger partial charge in [0, 0.05) is 0 Å². The van der Waals surface area contributed by atoms with Crippen molar-refractivity contribution in [3.8, 4) is 0 Å². The molecule has 12 heteroatoms. The van der Waals surface area contributed by atoms with E-state index in [9.17, 15) is 0 Å². The van der Waals surface area contributed by atoms with Crippen LogP contribution in [0.25, 0.3) is 0 Å². The summed E-state index contributed by atoms with van der Waals surface area (Å²) in [7, 11) is 0. The molecule has 0 fully saturated rings. The Labute approximate surface area is 292 Å². The monoisotopic (exact) mass is 808 g/mol. The van der Waals surface area contributed by atoms with Crippen LogP contribution < -0.4 is 0 Å². The fourth-order valence-corrected chi connectivity index (χ4v) is 7.58. The fraction of sp³-hybridized carbons (Fsp3) is 0.538. The minimum atomic E-state index is -2.30. The van der Waals surface area contributed by atoms with Gasteiger partial charge in [-0.25, -0.2) is 12.1 Å². The van der Waals surface area contributed by atoms with Crippen LogP contribution in [0, 0.1) is 13.8 Å². The van der Waals surface area contributed by atoms with Crippen molar-refractivity contribution in [3.05, 3.63) is 72.5 Å². The SMILES string of the molecule is Cl.Cl.[CH2-]CCC[Si](Cl)(Cl)Cl.[CH2-]CCC[Si](Cl)(Cl)Cl.[SiH2]=[Zr].c1cc2c([cH-]1)CCCC2.c1cc2c([cH-]1)CCCC2. The summed E-state index contributed by atoms with van der Waals surface area (Å²) in [5, 5.41) is 0. The van der Waals surface area contributed by atoms with Crippen molar-refractivity contribution in [3.63, 3.8) is 0 Å². The van der Waals surface area contributed by atoms with E-state index in [1.165, 1.54) is 51.4 Å². The Morgan fingerprint density at radius 1 is 0.658 bits per heavy atom. The zero-order valence-electron chi connectivity index (χ0n) is 22.1. The number of halogens is 8. The maximum Gasteiger partial charge on any atom is -0.0512 e. The molecule has 0 radical (unpaired) electrons. The van der Waals surface area contributed by atoms with E-state index in [0.717, 1.165) is 37.8 Å². The molecule has 0 saturated carbocycles. The van der Waals surface area contributed by atoms with E-state index in [0.29, 0.717) is 0 Å². The first-order valence-corrected chi connectivity index (χ1v) is 29.0. The van der Waals surface area contributed by atoms with E-state index >= 15 is 0 Å². The zero-order valence-corrected chi connectivity index (χ0v) is 34.1. The number of rotatable bonds is 6. The van der Waals surface area contributed by atoms with Gasteiger partial charge in [-0.3, -0.25) is 0 Å². The summed E-state index contributed by atoms with van der Waals surface area (Å²) in [6.45, 7) is 9.22. The van der Waals surface area contributed by atoms with E-state index in [2.05, 4.69) is 50.2 Å². The quantitative estimate of drug-likeness (QED) is 0.155. The molecule has 0 aromatic heterocycles. The topological polar surface area (TPSA) is 0 Å². The van der Waals surface area contributed by atoms with Crippen molar-refractivity contribution in [1.29, 1.82) is 0 Å². The summed E-state index contributed by atoms with van der Waals surface area (Å²) in [6.07, 6.45) is 14.5. The van der Waals surface area contributed by atoms with Gasteiger partial charge in [-0.2, -0.15) is 59.4 Å². The van der Waals surface area contributed by atoms with Gasteiger partial charge < -0.3 is 13.8 Å². The van der Waals surface area contributed by atoms with Crippen molar-refractivity contribution in [2.45, 2.75) is 89.1 Å². The van der Waals surface area contributed by atoms with Crippen molar-refractivity contribution in [1.82, 2.24) is 0 Å². The minimum absolute atomic E-state index is 0. The van der Waals surface area contributed by atoms with Gasteiger partial charge in [0.05, 0.1) is 0 Å². The van der Waals surface area contributed by atoms with Gasteiger partial charge in [-0.05, 0) is 12.1 Å². The van der Waals surface area contributed by atoms with Gasteiger partial charge in [0.15, 0.2) is 0 Å². The van der Waals surface area contributed by atoms with Crippen molar-refractivity contribution in [2.75, 3.05) is 0 Å². The second-order valence-corrected chi connectivity index (χ2v) is 27.3. The van der Waals surface area contributed by atoms with E-state index in [1.54, 1.807) is 45.6 Å². The first kappa shape index (κ1) is 45.0. The molecule has 0 unspecified atom stereocenters. The molecule has 0 heterocycles. The summed E-state index contributed by atoms with van der Waals surface area (Å²) >= 11 is 34.9. The number of hydrogen-bond donors (Lipinski definition) is 0. The molecule has 0 amide bonds. The van der Waals surface area contributed by atoms with Gasteiger partial charge in [-0.1, -0.05) is 64.2 Å². The van der Waals surface area contributed by atoms with Crippen LogP contribution in [0.15, 0.2) is 36.4 Å². The molecule has 4 rings (SSSR count). The molecule has 0 nitrogen and oxygen atoms in total. The molecule has 0 aliphatic heterocycles. The Morgan fingerprint density at radius 3 is 1.21 bits per heavy atom. The van der Waals surface area contributed by atoms with E-state index in [4.69, 9.17) is 66.5 Å². The minimum Gasteiger partial charge on any atom is -0.210 e. The Hall–Kier alpha value is 2.55. The van der Waals surface area contributed by atoms with Crippen LogP contribution in [0.3, 0.4) is 0 Å². The van der Waals surface area contributed by atoms with E-state index < -0.39 is 12.0 Å². The molecule has 2 aromatic rings. The van der Waals surface area contributed by atoms with E-state index in [1.807, 2.05) is 6.88 Å². The maximum absolute atomic E-state index is 5.55. The predicted molar refractivity (Wildman–Crippen MR) is 186 cm³/mol. The third-order valence-electron chi connectivity index (χ3n) is 5.72. The normalized spacial score (nSPS) is 13.3. The molecule has 38 heavy (non-hydrogen) atoms. The Morgan fingerprint density at radius 2 is 0.974 bits per heavy atom. The summed E-state index contributed by atoms with van der Waals surface area (Å²) in [5.74, 6) is 0. The molecule has 0 spiro atoms. The Balaban J connectivity index is -0.000000414. The molecular formula is C26H42Cl8Si3Zr-4. The molecule has 0 N–H and O–H groups in total. The number of fused-ring (bicyclic) bond motifs is 2. The molecular weight excluding hydrogens is 771 g/mol. The molecule has 0 bridgehead atoms. The first-order valence-electron chi connectivity index (χ1n) is 12.6. The summed E-state index contributed by atoms with van der Waals surface area (Å²) < 4.78 is 0. The zero-order chi connectivity index (χ0) is 27.5. The van der Waals surface area contributed by atoms with Crippen LogP contribution in [-0.2, 0) is 49.0 Å². The van der Waals surface area contributed by atoms with Gasteiger partial charge in [-0.15, -0.1) is 91.3 Å². The van der Waals surface area contributed by atoms with Gasteiger partial charge >= 0.3 is 42.2 Å². The van der Waals surface area contributed by atoms with Gasteiger partial charge in [0.1, 0.15) is 0 Å². The predicted octanol–water partition coefficient (Wildman–Crippen LogP) is 11.0. The molecule has 222 valence electrons. The third-order valence-corrected chi connectivity index (χ3v) is 11.0. The summed E-state index contributed by atoms with van der Waals surface area (Å²) in [6, 6.07) is 10.3. The number of unbranched alkanes of at least 4 members (excludes halogenated alkanes) is 2. The van der Waals surface area contributed by atoms with Crippen LogP contribution in [0.4, 0.5) is 0 Å². The van der Waals surface area contributed by atoms with Crippen LogP contribution in [0.5, 0.6) is 0 Å². The molecule has 0 atom stereocenters. The maximum atomic E-state index is 5.55. The average Bonchev–Trinajstić information content (AvgIpc) is 3.52. The fourth-order valence-electron chi connectivity index (χ4n) is 3.88. The summed E-state index contributed by atoms with van der Waals surface area (Å²) in [5.41, 5.74) is 6.39. The van der Waals surface area contributed by atoms with Crippen molar-refractivity contribution < 1.29 is 23.3 Å². The Bertz CT molecular complexity index is 683. The second kappa shape index (κ2) is 27.1. The number of aryl methyl sites for hydroxylation is 4. The van der Waals surface area contributed by atoms with Gasteiger partial charge in [0.2, 0.25) is 0 Å².